The first kappa shape index (κ1) is 19.2. The average Bonchev–Trinajstić information content (AvgIpc) is 3.09. The molecule has 0 radical (unpaired) electrons. The summed E-state index contributed by atoms with van der Waals surface area (Å²) in [6, 6.07) is 12.2. The summed E-state index contributed by atoms with van der Waals surface area (Å²) in [6.07, 6.45) is 0.816. The van der Waals surface area contributed by atoms with Crippen LogP contribution in [0, 0.1) is 5.82 Å². The average molecular weight is 405 g/mol. The number of amides is 1. The number of carbonyl (C=O) groups excluding carboxylic acids is 1. The topological polar surface area (TPSA) is 50.8 Å². The molecule has 0 unspecified atom stereocenters. The zero-order valence-corrected chi connectivity index (χ0v) is 16.3. The summed E-state index contributed by atoms with van der Waals surface area (Å²) in [5, 5.41) is 3.72. The van der Waals surface area contributed by atoms with Gasteiger partial charge in [-0.15, -0.1) is 0 Å². The van der Waals surface area contributed by atoms with E-state index in [1.807, 2.05) is 24.3 Å². The first-order valence-electron chi connectivity index (χ1n) is 9.29. The Morgan fingerprint density at radius 3 is 2.75 bits per heavy atom. The number of nitrogens with zero attached hydrogens (tertiary/aromatic N) is 1. The Morgan fingerprint density at radius 1 is 1.25 bits per heavy atom. The summed E-state index contributed by atoms with van der Waals surface area (Å²) in [5.74, 6) is -0.695. The number of hydrogen-bond acceptors (Lipinski definition) is 4. The molecule has 1 amide bonds. The predicted molar refractivity (Wildman–Crippen MR) is 104 cm³/mol. The monoisotopic (exact) mass is 404 g/mol. The standard InChI is InChI=1S/C21H22ClFN2O3/c1-27-19-7-4-14(8-18(19)23)21(26)24-16-9-17-12-28-20(11-25(17)10-16)13-2-5-15(22)6-3-13/h2-8,16-17,20H,9-12H2,1H3,(H,24,26)/t16-,17+,20-/m1/s1. The third kappa shape index (κ3) is 3.99. The fourth-order valence-electron chi connectivity index (χ4n) is 3.93. The van der Waals surface area contributed by atoms with Crippen molar-refractivity contribution in [2.24, 2.45) is 0 Å². The lowest BCUT2D eigenvalue weighted by Gasteiger charge is -2.35. The van der Waals surface area contributed by atoms with Gasteiger partial charge in [0, 0.05) is 35.8 Å². The van der Waals surface area contributed by atoms with Gasteiger partial charge < -0.3 is 14.8 Å². The summed E-state index contributed by atoms with van der Waals surface area (Å²) in [4.78, 5) is 14.8. The largest absolute Gasteiger partial charge is 0.494 e. The molecule has 0 aliphatic carbocycles. The molecule has 7 heteroatoms. The van der Waals surface area contributed by atoms with Crippen LogP contribution in [0.5, 0.6) is 5.75 Å². The summed E-state index contributed by atoms with van der Waals surface area (Å²) in [6.45, 7) is 2.15. The summed E-state index contributed by atoms with van der Waals surface area (Å²) in [7, 11) is 1.40. The van der Waals surface area contributed by atoms with Crippen molar-refractivity contribution in [2.45, 2.75) is 24.6 Å². The van der Waals surface area contributed by atoms with E-state index in [2.05, 4.69) is 10.2 Å². The lowest BCUT2D eigenvalue weighted by Crippen LogP contribution is -2.43. The number of rotatable bonds is 4. The molecule has 148 valence electrons. The lowest BCUT2D eigenvalue weighted by molar-refractivity contribution is -0.0502. The predicted octanol–water partition coefficient (Wildman–Crippen LogP) is 3.43. The van der Waals surface area contributed by atoms with Gasteiger partial charge in [0.15, 0.2) is 11.6 Å². The minimum atomic E-state index is -0.543. The van der Waals surface area contributed by atoms with Crippen LogP contribution in [-0.2, 0) is 4.74 Å². The number of carbonyl (C=O) groups is 1. The number of methoxy groups -OCH3 is 1. The maximum Gasteiger partial charge on any atom is 0.251 e. The normalized spacial score (nSPS) is 24.6. The molecule has 3 atom stereocenters. The zero-order valence-electron chi connectivity index (χ0n) is 15.5. The van der Waals surface area contributed by atoms with Gasteiger partial charge >= 0.3 is 0 Å². The first-order valence-corrected chi connectivity index (χ1v) is 9.67. The number of fused-ring (bicyclic) bond motifs is 1. The maximum atomic E-state index is 13.9. The van der Waals surface area contributed by atoms with E-state index < -0.39 is 5.82 Å². The van der Waals surface area contributed by atoms with Crippen LogP contribution in [0.4, 0.5) is 4.39 Å². The molecule has 2 heterocycles. The molecular weight excluding hydrogens is 383 g/mol. The second-order valence-corrected chi connectivity index (χ2v) is 7.67. The first-order chi connectivity index (χ1) is 13.5. The fraction of sp³-hybridized carbons (Fsp3) is 0.381. The van der Waals surface area contributed by atoms with E-state index in [4.69, 9.17) is 21.1 Å². The molecule has 28 heavy (non-hydrogen) atoms. The molecule has 4 rings (SSSR count). The van der Waals surface area contributed by atoms with E-state index >= 15 is 0 Å². The zero-order chi connectivity index (χ0) is 19.7. The van der Waals surface area contributed by atoms with Crippen molar-refractivity contribution in [3.63, 3.8) is 0 Å². The van der Waals surface area contributed by atoms with Gasteiger partial charge in [-0.1, -0.05) is 23.7 Å². The molecule has 0 aromatic heterocycles. The highest BCUT2D eigenvalue weighted by Gasteiger charge is 2.38. The Kier molecular flexibility index (Phi) is 5.53. The van der Waals surface area contributed by atoms with Gasteiger partial charge in [0.05, 0.1) is 19.8 Å². The van der Waals surface area contributed by atoms with Crippen LogP contribution in [0.3, 0.4) is 0 Å². The van der Waals surface area contributed by atoms with E-state index in [1.165, 1.54) is 19.2 Å². The second kappa shape index (κ2) is 8.07. The molecule has 0 spiro atoms. The Bertz CT molecular complexity index is 861. The summed E-state index contributed by atoms with van der Waals surface area (Å²) < 4.78 is 24.8. The van der Waals surface area contributed by atoms with Crippen molar-refractivity contribution in [1.82, 2.24) is 10.2 Å². The minimum Gasteiger partial charge on any atom is -0.494 e. The highest BCUT2D eigenvalue weighted by atomic mass is 35.5. The van der Waals surface area contributed by atoms with Crippen molar-refractivity contribution < 1.29 is 18.7 Å². The van der Waals surface area contributed by atoms with Crippen molar-refractivity contribution in [2.75, 3.05) is 26.8 Å². The van der Waals surface area contributed by atoms with Crippen molar-refractivity contribution in [3.8, 4) is 5.75 Å². The van der Waals surface area contributed by atoms with Crippen LogP contribution >= 0.6 is 11.6 Å². The Labute approximate surface area is 168 Å². The molecule has 0 bridgehead atoms. The Hall–Kier alpha value is -2.15. The fourth-order valence-corrected chi connectivity index (χ4v) is 4.06. The van der Waals surface area contributed by atoms with Crippen LogP contribution in [0.15, 0.2) is 42.5 Å². The van der Waals surface area contributed by atoms with Crippen LogP contribution in [0.2, 0.25) is 5.02 Å². The molecular formula is C21H22ClFN2O3. The van der Waals surface area contributed by atoms with E-state index in [-0.39, 0.29) is 29.8 Å². The van der Waals surface area contributed by atoms with Crippen LogP contribution in [0.1, 0.15) is 28.4 Å². The minimum absolute atomic E-state index is 0.00125. The Balaban J connectivity index is 1.37. The quantitative estimate of drug-likeness (QED) is 0.848. The lowest BCUT2D eigenvalue weighted by atomic mass is 10.1. The molecule has 0 saturated carbocycles. The van der Waals surface area contributed by atoms with Gasteiger partial charge in [-0.25, -0.2) is 4.39 Å². The molecule has 2 aliphatic rings. The van der Waals surface area contributed by atoms with Crippen molar-refractivity contribution in [1.29, 1.82) is 0 Å². The molecule has 2 aromatic carbocycles. The van der Waals surface area contributed by atoms with Gasteiger partial charge in [0.2, 0.25) is 0 Å². The van der Waals surface area contributed by atoms with E-state index in [0.29, 0.717) is 17.2 Å². The third-order valence-electron chi connectivity index (χ3n) is 5.41. The third-order valence-corrected chi connectivity index (χ3v) is 5.66. The van der Waals surface area contributed by atoms with Crippen molar-refractivity contribution in [3.05, 3.63) is 64.4 Å². The number of morpholine rings is 1. The molecule has 2 fully saturated rings. The van der Waals surface area contributed by atoms with E-state index in [1.54, 1.807) is 6.07 Å². The van der Waals surface area contributed by atoms with E-state index in [9.17, 15) is 9.18 Å². The Morgan fingerprint density at radius 2 is 2.04 bits per heavy atom. The smallest absolute Gasteiger partial charge is 0.251 e. The van der Waals surface area contributed by atoms with Gasteiger partial charge in [-0.05, 0) is 42.3 Å². The van der Waals surface area contributed by atoms with Crippen LogP contribution in [-0.4, -0.2) is 49.7 Å². The van der Waals surface area contributed by atoms with Gasteiger partial charge in [0.25, 0.3) is 5.91 Å². The number of benzene rings is 2. The van der Waals surface area contributed by atoms with Crippen LogP contribution in [0.25, 0.3) is 0 Å². The summed E-state index contributed by atoms with van der Waals surface area (Å²) >= 11 is 5.96. The van der Waals surface area contributed by atoms with Gasteiger partial charge in [-0.2, -0.15) is 0 Å². The molecule has 2 aromatic rings. The molecule has 2 saturated heterocycles. The van der Waals surface area contributed by atoms with Crippen LogP contribution < -0.4 is 10.1 Å². The SMILES string of the molecule is COc1ccc(C(=O)N[C@@H]2C[C@H]3CO[C@@H](c4ccc(Cl)cc4)CN3C2)cc1F. The number of nitrogens with one attached hydrogen (secondary N) is 1. The molecule has 1 N–H and O–H groups in total. The maximum absolute atomic E-state index is 13.9. The second-order valence-electron chi connectivity index (χ2n) is 7.24. The van der Waals surface area contributed by atoms with E-state index in [0.717, 1.165) is 25.1 Å². The highest BCUT2D eigenvalue weighted by Crippen LogP contribution is 2.31. The van der Waals surface area contributed by atoms with Crippen molar-refractivity contribution >= 4 is 17.5 Å². The van der Waals surface area contributed by atoms with Gasteiger partial charge in [-0.3, -0.25) is 9.69 Å². The number of halogens is 2. The number of ether oxygens (including phenoxy) is 2. The highest BCUT2D eigenvalue weighted by molar-refractivity contribution is 6.30. The number of hydrogen-bond donors (Lipinski definition) is 1. The molecule has 2 aliphatic heterocycles. The van der Waals surface area contributed by atoms with Gasteiger partial charge in [0.1, 0.15) is 0 Å². The summed E-state index contributed by atoms with van der Waals surface area (Å²) in [5.41, 5.74) is 1.39. The molecule has 5 nitrogen and oxygen atoms in total.